The van der Waals surface area contributed by atoms with Crippen LogP contribution in [0.25, 0.3) is 21.9 Å². The first-order chi connectivity index (χ1) is 13.2. The molecule has 0 saturated carbocycles. The maximum Gasteiger partial charge on any atom is 0.127 e. The summed E-state index contributed by atoms with van der Waals surface area (Å²) in [7, 11) is 0. The third-order valence-electron chi connectivity index (χ3n) is 5.42. The van der Waals surface area contributed by atoms with Crippen molar-refractivity contribution < 1.29 is 9.13 Å². The van der Waals surface area contributed by atoms with Gasteiger partial charge in [0.2, 0.25) is 0 Å². The molecule has 1 aromatic heterocycles. The zero-order valence-electron chi connectivity index (χ0n) is 14.9. The molecule has 1 aliphatic carbocycles. The highest BCUT2D eigenvalue weighted by atomic mass is 19.1. The highest BCUT2D eigenvalue weighted by Gasteiger charge is 2.27. The zero-order chi connectivity index (χ0) is 18.4. The van der Waals surface area contributed by atoms with Crippen LogP contribution >= 0.6 is 0 Å². The zero-order valence-corrected chi connectivity index (χ0v) is 14.9. The quantitative estimate of drug-likeness (QED) is 0.444. The predicted octanol–water partition coefficient (Wildman–Crippen LogP) is 6.09. The van der Waals surface area contributed by atoms with Gasteiger partial charge in [0, 0.05) is 29.1 Å². The van der Waals surface area contributed by atoms with Crippen LogP contribution in [0.15, 0.2) is 73.1 Å². The van der Waals surface area contributed by atoms with E-state index in [1.54, 1.807) is 12.3 Å². The van der Waals surface area contributed by atoms with Gasteiger partial charge in [-0.15, -0.1) is 0 Å². The van der Waals surface area contributed by atoms with Crippen molar-refractivity contribution in [3.8, 4) is 16.9 Å². The lowest BCUT2D eigenvalue weighted by Gasteiger charge is -2.13. The average Bonchev–Trinajstić information content (AvgIpc) is 2.99. The van der Waals surface area contributed by atoms with E-state index in [1.165, 1.54) is 17.2 Å². The van der Waals surface area contributed by atoms with Crippen molar-refractivity contribution in [2.45, 2.75) is 19.4 Å². The number of benzene rings is 3. The second-order valence-corrected chi connectivity index (χ2v) is 6.98. The molecule has 132 valence electrons. The maximum atomic E-state index is 13.7. The van der Waals surface area contributed by atoms with Gasteiger partial charge in [-0.1, -0.05) is 43.3 Å². The summed E-state index contributed by atoms with van der Waals surface area (Å²) in [5.41, 5.74) is 5.70. The Bertz CT molecular complexity index is 1160. The normalized spacial score (nSPS) is 14.8. The van der Waals surface area contributed by atoms with Gasteiger partial charge < -0.3 is 4.74 Å². The Hall–Kier alpha value is -3.20. The van der Waals surface area contributed by atoms with Crippen LogP contribution in [0.5, 0.6) is 5.75 Å². The number of hydrogen-bond acceptors (Lipinski definition) is 2. The maximum absolute atomic E-state index is 13.7. The Morgan fingerprint density at radius 1 is 1.00 bits per heavy atom. The van der Waals surface area contributed by atoms with Crippen molar-refractivity contribution in [2.24, 2.45) is 0 Å². The minimum Gasteiger partial charge on any atom is -0.488 e. The Morgan fingerprint density at radius 2 is 1.89 bits per heavy atom. The van der Waals surface area contributed by atoms with Crippen LogP contribution in [-0.4, -0.2) is 4.98 Å². The SMILES string of the molecule is CC1c2cc(F)ccc2-c2c(COc3cccc4cnccc34)cccc21. The number of halogens is 1. The summed E-state index contributed by atoms with van der Waals surface area (Å²) in [6.07, 6.45) is 3.62. The fourth-order valence-electron chi connectivity index (χ4n) is 4.09. The van der Waals surface area contributed by atoms with Gasteiger partial charge in [0.15, 0.2) is 0 Å². The highest BCUT2D eigenvalue weighted by Crippen LogP contribution is 2.46. The third-order valence-corrected chi connectivity index (χ3v) is 5.42. The predicted molar refractivity (Wildman–Crippen MR) is 105 cm³/mol. The van der Waals surface area contributed by atoms with Crippen LogP contribution < -0.4 is 4.74 Å². The number of fused-ring (bicyclic) bond motifs is 4. The number of hydrogen-bond donors (Lipinski definition) is 0. The van der Waals surface area contributed by atoms with Gasteiger partial charge in [-0.2, -0.15) is 0 Å². The molecular formula is C24H18FNO. The molecule has 27 heavy (non-hydrogen) atoms. The molecule has 2 nitrogen and oxygen atoms in total. The average molecular weight is 355 g/mol. The molecule has 5 rings (SSSR count). The van der Waals surface area contributed by atoms with Gasteiger partial charge in [0.05, 0.1) is 0 Å². The van der Waals surface area contributed by atoms with Gasteiger partial charge in [-0.3, -0.25) is 4.98 Å². The Labute approximate surface area is 157 Å². The minimum atomic E-state index is -0.185. The molecule has 1 atom stereocenters. The Kier molecular flexibility index (Phi) is 3.68. The molecule has 0 spiro atoms. The molecule has 0 bridgehead atoms. The van der Waals surface area contributed by atoms with Gasteiger partial charge in [0.1, 0.15) is 18.2 Å². The molecule has 0 amide bonds. The fourth-order valence-corrected chi connectivity index (χ4v) is 4.09. The van der Waals surface area contributed by atoms with E-state index >= 15 is 0 Å². The number of nitrogens with zero attached hydrogens (tertiary/aromatic N) is 1. The number of aromatic nitrogens is 1. The van der Waals surface area contributed by atoms with Crippen LogP contribution in [0.3, 0.4) is 0 Å². The van der Waals surface area contributed by atoms with E-state index < -0.39 is 0 Å². The van der Waals surface area contributed by atoms with Crippen LogP contribution in [-0.2, 0) is 6.61 Å². The van der Waals surface area contributed by atoms with E-state index in [0.29, 0.717) is 6.61 Å². The van der Waals surface area contributed by atoms with Gasteiger partial charge in [-0.05, 0) is 52.1 Å². The van der Waals surface area contributed by atoms with Crippen LogP contribution in [0, 0.1) is 5.82 Å². The van der Waals surface area contributed by atoms with Crippen molar-refractivity contribution in [1.29, 1.82) is 0 Å². The topological polar surface area (TPSA) is 22.1 Å². The second-order valence-electron chi connectivity index (χ2n) is 6.98. The number of ether oxygens (including phenoxy) is 1. The van der Waals surface area contributed by atoms with Crippen molar-refractivity contribution in [1.82, 2.24) is 4.98 Å². The van der Waals surface area contributed by atoms with Crippen LogP contribution in [0.4, 0.5) is 4.39 Å². The summed E-state index contributed by atoms with van der Waals surface area (Å²) >= 11 is 0. The highest BCUT2D eigenvalue weighted by molar-refractivity contribution is 5.87. The molecule has 0 fully saturated rings. The smallest absolute Gasteiger partial charge is 0.127 e. The molecule has 0 saturated heterocycles. The first-order valence-corrected chi connectivity index (χ1v) is 9.09. The monoisotopic (exact) mass is 355 g/mol. The summed E-state index contributed by atoms with van der Waals surface area (Å²) in [5, 5.41) is 2.11. The van der Waals surface area contributed by atoms with Gasteiger partial charge in [0.25, 0.3) is 0 Å². The van der Waals surface area contributed by atoms with E-state index in [2.05, 4.69) is 30.1 Å². The third kappa shape index (κ3) is 2.58. The summed E-state index contributed by atoms with van der Waals surface area (Å²) in [6.45, 7) is 2.60. The lowest BCUT2D eigenvalue weighted by molar-refractivity contribution is 0.310. The lowest BCUT2D eigenvalue weighted by atomic mass is 9.98. The molecule has 1 unspecified atom stereocenters. The fraction of sp³-hybridized carbons (Fsp3) is 0.125. The Morgan fingerprint density at radius 3 is 2.81 bits per heavy atom. The van der Waals surface area contributed by atoms with Crippen LogP contribution in [0.2, 0.25) is 0 Å². The van der Waals surface area contributed by atoms with Crippen molar-refractivity contribution >= 4 is 10.8 Å². The number of pyridine rings is 1. The molecule has 0 radical (unpaired) electrons. The molecule has 1 aliphatic rings. The molecular weight excluding hydrogens is 337 g/mol. The first-order valence-electron chi connectivity index (χ1n) is 9.09. The summed E-state index contributed by atoms with van der Waals surface area (Å²) in [5.74, 6) is 0.850. The standard InChI is InChI=1S/C24H18FNO/c1-15-19-6-2-5-17(24(19)21-9-8-18(25)12-22(15)21)14-27-23-7-3-4-16-13-26-11-10-20(16)23/h2-13,15H,14H2,1H3. The molecule has 3 heteroatoms. The minimum absolute atomic E-state index is 0.185. The Balaban J connectivity index is 1.54. The molecule has 4 aromatic rings. The van der Waals surface area contributed by atoms with Crippen molar-refractivity contribution in [3.05, 3.63) is 95.6 Å². The molecule has 0 N–H and O–H groups in total. The van der Waals surface area contributed by atoms with Gasteiger partial charge >= 0.3 is 0 Å². The molecule has 0 aliphatic heterocycles. The summed E-state index contributed by atoms with van der Waals surface area (Å²) < 4.78 is 19.9. The van der Waals surface area contributed by atoms with E-state index in [9.17, 15) is 4.39 Å². The lowest BCUT2D eigenvalue weighted by Crippen LogP contribution is -1.99. The van der Waals surface area contributed by atoms with Crippen molar-refractivity contribution in [3.63, 3.8) is 0 Å². The molecule has 3 aromatic carbocycles. The first kappa shape index (κ1) is 16.0. The van der Waals surface area contributed by atoms with Gasteiger partial charge in [-0.25, -0.2) is 4.39 Å². The van der Waals surface area contributed by atoms with E-state index in [-0.39, 0.29) is 11.7 Å². The largest absolute Gasteiger partial charge is 0.488 e. The summed E-state index contributed by atoms with van der Waals surface area (Å²) in [6, 6.07) is 19.3. The summed E-state index contributed by atoms with van der Waals surface area (Å²) in [4.78, 5) is 4.17. The van der Waals surface area contributed by atoms with E-state index in [1.807, 2.05) is 36.5 Å². The van der Waals surface area contributed by atoms with E-state index in [4.69, 9.17) is 4.74 Å². The second kappa shape index (κ2) is 6.20. The van der Waals surface area contributed by atoms with E-state index in [0.717, 1.165) is 33.2 Å². The van der Waals surface area contributed by atoms with Crippen molar-refractivity contribution in [2.75, 3.05) is 0 Å². The van der Waals surface area contributed by atoms with Crippen LogP contribution in [0.1, 0.15) is 29.5 Å². The number of rotatable bonds is 3. The molecule has 1 heterocycles.